The molecule has 0 aromatic heterocycles. The van der Waals surface area contributed by atoms with Crippen LogP contribution in [0, 0.1) is 11.2 Å². The Morgan fingerprint density at radius 3 is 2.34 bits per heavy atom. The van der Waals surface area contributed by atoms with Gasteiger partial charge in [-0.1, -0.05) is 42.3 Å². The van der Waals surface area contributed by atoms with Crippen molar-refractivity contribution in [3.8, 4) is 0 Å². The van der Waals surface area contributed by atoms with Crippen LogP contribution in [0.25, 0.3) is 0 Å². The molecule has 35 heavy (non-hydrogen) atoms. The largest absolute Gasteiger partial charge is 0.481 e. The van der Waals surface area contributed by atoms with Crippen molar-refractivity contribution in [3.05, 3.63) is 69.5 Å². The van der Waals surface area contributed by atoms with Gasteiger partial charge in [-0.15, -0.1) is 0 Å². The number of sulfone groups is 1. The van der Waals surface area contributed by atoms with Crippen LogP contribution in [0.15, 0.2) is 42.5 Å². The minimum Gasteiger partial charge on any atom is -0.481 e. The number of halogens is 3. The van der Waals surface area contributed by atoms with Gasteiger partial charge in [-0.3, -0.25) is 9.59 Å². The van der Waals surface area contributed by atoms with E-state index < -0.39 is 51.5 Å². The molecule has 1 heterocycles. The lowest BCUT2D eigenvalue weighted by atomic mass is 9.67. The molecule has 0 saturated carbocycles. The van der Waals surface area contributed by atoms with Crippen LogP contribution in [0.1, 0.15) is 56.2 Å². The molecule has 1 saturated heterocycles. The van der Waals surface area contributed by atoms with E-state index in [1.165, 1.54) is 12.1 Å². The number of nitrogens with zero attached hydrogens (tertiary/aromatic N) is 1. The van der Waals surface area contributed by atoms with Crippen molar-refractivity contribution in [2.24, 2.45) is 5.41 Å². The minimum atomic E-state index is -3.30. The van der Waals surface area contributed by atoms with Crippen molar-refractivity contribution >= 4 is 44.9 Å². The van der Waals surface area contributed by atoms with Crippen molar-refractivity contribution in [1.82, 2.24) is 4.90 Å². The Kier molecular flexibility index (Phi) is 8.19. The van der Waals surface area contributed by atoms with Crippen molar-refractivity contribution in [2.45, 2.75) is 51.1 Å². The number of carboxylic acid groups (broad SMARTS) is 1. The Bertz CT molecular complexity index is 1200. The van der Waals surface area contributed by atoms with E-state index in [0.29, 0.717) is 10.6 Å². The molecule has 6 nitrogen and oxygen atoms in total. The van der Waals surface area contributed by atoms with E-state index in [1.54, 1.807) is 49.1 Å². The standard InChI is InChI=1S/C25H28Cl2FNO5S/c1-15(8-9-35(3,33)34)29-23(16-4-6-18(26)7-5-16)21(17-10-19(27)12-20(28)11-17)13-25(2,24(29)32)14-22(30)31/h4-7,10-12,15,21,23H,8-9,13-14H2,1-3H3,(H,30,31)/t15-,21+,23+,25+/m0/s1. The second kappa shape index (κ2) is 10.4. The Morgan fingerprint density at radius 2 is 1.80 bits per heavy atom. The van der Waals surface area contributed by atoms with Crippen LogP contribution < -0.4 is 0 Å². The lowest BCUT2D eigenvalue weighted by molar-refractivity contribution is -0.160. The minimum absolute atomic E-state index is 0.139. The Balaban J connectivity index is 2.21. The average Bonchev–Trinajstić information content (AvgIpc) is 2.72. The third-order valence-electron chi connectivity index (χ3n) is 6.55. The molecule has 4 atom stereocenters. The molecular formula is C25H28Cl2FNO5S. The Hall–Kier alpha value is -2.16. The van der Waals surface area contributed by atoms with Crippen molar-refractivity contribution < 1.29 is 27.5 Å². The predicted molar refractivity (Wildman–Crippen MR) is 134 cm³/mol. The first kappa shape index (κ1) is 27.4. The summed E-state index contributed by atoms with van der Waals surface area (Å²) >= 11 is 12.3. The van der Waals surface area contributed by atoms with Crippen LogP contribution in [0.5, 0.6) is 0 Å². The molecule has 1 N–H and O–H groups in total. The Morgan fingerprint density at radius 1 is 1.17 bits per heavy atom. The van der Waals surface area contributed by atoms with E-state index in [9.17, 15) is 27.5 Å². The lowest BCUT2D eigenvalue weighted by Crippen LogP contribution is -2.55. The van der Waals surface area contributed by atoms with Crippen LogP contribution in [-0.4, -0.2) is 48.4 Å². The molecule has 0 spiro atoms. The van der Waals surface area contributed by atoms with Crippen LogP contribution in [0.2, 0.25) is 10.0 Å². The molecule has 2 aromatic carbocycles. The van der Waals surface area contributed by atoms with Gasteiger partial charge in [-0.2, -0.15) is 0 Å². The smallest absolute Gasteiger partial charge is 0.304 e. The summed E-state index contributed by atoms with van der Waals surface area (Å²) < 4.78 is 38.2. The number of amides is 1. The fraction of sp³-hybridized carbons (Fsp3) is 0.440. The fourth-order valence-corrected chi connectivity index (χ4v) is 6.06. The third kappa shape index (κ3) is 6.54. The van der Waals surface area contributed by atoms with E-state index in [1.807, 2.05) is 0 Å². The maximum Gasteiger partial charge on any atom is 0.304 e. The number of hydrogen-bond acceptors (Lipinski definition) is 4. The summed E-state index contributed by atoms with van der Waals surface area (Å²) in [6.45, 7) is 3.33. The molecule has 10 heteroatoms. The molecule has 0 bridgehead atoms. The second-order valence-corrected chi connectivity index (χ2v) is 12.8. The van der Waals surface area contributed by atoms with Gasteiger partial charge in [-0.25, -0.2) is 12.8 Å². The number of carbonyl (C=O) groups excluding carboxylic acids is 1. The topological polar surface area (TPSA) is 91.8 Å². The summed E-state index contributed by atoms with van der Waals surface area (Å²) in [6.07, 6.45) is 1.00. The quantitative estimate of drug-likeness (QED) is 0.475. The van der Waals surface area contributed by atoms with Gasteiger partial charge in [0.15, 0.2) is 0 Å². The van der Waals surface area contributed by atoms with E-state index in [2.05, 4.69) is 0 Å². The molecule has 1 amide bonds. The first-order chi connectivity index (χ1) is 16.2. The first-order valence-corrected chi connectivity index (χ1v) is 14.0. The van der Waals surface area contributed by atoms with Gasteiger partial charge in [0.25, 0.3) is 0 Å². The maximum atomic E-state index is 14.4. The van der Waals surface area contributed by atoms with Gasteiger partial charge in [0.1, 0.15) is 15.7 Å². The van der Waals surface area contributed by atoms with E-state index >= 15 is 0 Å². The van der Waals surface area contributed by atoms with Crippen LogP contribution in [-0.2, 0) is 19.4 Å². The van der Waals surface area contributed by atoms with Gasteiger partial charge in [0.05, 0.1) is 23.6 Å². The van der Waals surface area contributed by atoms with Crippen molar-refractivity contribution in [2.75, 3.05) is 12.0 Å². The molecule has 0 radical (unpaired) electrons. The third-order valence-corrected chi connectivity index (χ3v) is 8.00. The monoisotopic (exact) mass is 543 g/mol. The summed E-state index contributed by atoms with van der Waals surface area (Å²) in [7, 11) is -3.30. The average molecular weight is 544 g/mol. The highest BCUT2D eigenvalue weighted by Crippen LogP contribution is 2.52. The SMILES string of the molecule is C[C@@H](CCS(C)(=O)=O)N1C(=O)[C@@](C)(CC(=O)O)C[C@H](c2cc(F)cc(Cl)c2)[C@H]1c1ccc(Cl)cc1. The number of carboxylic acids is 1. The number of benzene rings is 2. The fourth-order valence-electron chi connectivity index (χ4n) is 4.94. The number of hydrogen-bond donors (Lipinski definition) is 1. The van der Waals surface area contributed by atoms with Crippen molar-refractivity contribution in [1.29, 1.82) is 0 Å². The molecule has 0 aliphatic carbocycles. The van der Waals surface area contributed by atoms with Gasteiger partial charge >= 0.3 is 5.97 Å². The van der Waals surface area contributed by atoms with Gasteiger partial charge in [-0.05, 0) is 61.2 Å². The summed E-state index contributed by atoms with van der Waals surface area (Å²) in [5.74, 6) is -2.72. The van der Waals surface area contributed by atoms with Crippen LogP contribution in [0.4, 0.5) is 4.39 Å². The van der Waals surface area contributed by atoms with E-state index in [4.69, 9.17) is 23.2 Å². The van der Waals surface area contributed by atoms with Crippen molar-refractivity contribution in [3.63, 3.8) is 0 Å². The maximum absolute atomic E-state index is 14.4. The molecule has 2 aromatic rings. The highest BCUT2D eigenvalue weighted by atomic mass is 35.5. The normalized spacial score (nSPS) is 23.8. The predicted octanol–water partition coefficient (Wildman–Crippen LogP) is 5.49. The zero-order valence-corrected chi connectivity index (χ0v) is 22.0. The number of aliphatic carboxylic acids is 1. The van der Waals surface area contributed by atoms with Gasteiger partial charge < -0.3 is 10.0 Å². The molecule has 0 unspecified atom stereocenters. The lowest BCUT2D eigenvalue weighted by Gasteiger charge is -2.51. The van der Waals surface area contributed by atoms with Gasteiger partial charge in [0, 0.05) is 28.3 Å². The number of carbonyl (C=O) groups is 2. The summed E-state index contributed by atoms with van der Waals surface area (Å²) in [5.41, 5.74) is -0.0477. The van der Waals surface area contributed by atoms with Crippen LogP contribution >= 0.6 is 23.2 Å². The van der Waals surface area contributed by atoms with Gasteiger partial charge in [0.2, 0.25) is 5.91 Å². The van der Waals surface area contributed by atoms with E-state index in [-0.39, 0.29) is 29.5 Å². The number of likely N-dealkylation sites (tertiary alicyclic amines) is 1. The molecule has 190 valence electrons. The summed E-state index contributed by atoms with van der Waals surface area (Å²) in [4.78, 5) is 27.2. The molecule has 3 rings (SSSR count). The zero-order chi connectivity index (χ0) is 26.1. The molecule has 1 aliphatic heterocycles. The highest BCUT2D eigenvalue weighted by Gasteiger charge is 2.51. The Labute approximate surface area is 215 Å². The van der Waals surface area contributed by atoms with Crippen LogP contribution in [0.3, 0.4) is 0 Å². The molecular weight excluding hydrogens is 516 g/mol. The first-order valence-electron chi connectivity index (χ1n) is 11.1. The molecule has 1 fully saturated rings. The van der Waals surface area contributed by atoms with E-state index in [0.717, 1.165) is 11.8 Å². The second-order valence-electron chi connectivity index (χ2n) is 9.62. The number of rotatable bonds is 8. The number of piperidine rings is 1. The summed E-state index contributed by atoms with van der Waals surface area (Å²) in [6, 6.07) is 9.88. The zero-order valence-electron chi connectivity index (χ0n) is 19.7. The molecule has 1 aliphatic rings. The highest BCUT2D eigenvalue weighted by molar-refractivity contribution is 7.90. The summed E-state index contributed by atoms with van der Waals surface area (Å²) in [5, 5.41) is 10.3.